The lowest BCUT2D eigenvalue weighted by Crippen LogP contribution is -2.03. The van der Waals surface area contributed by atoms with E-state index in [2.05, 4.69) is 20.9 Å². The van der Waals surface area contributed by atoms with E-state index in [4.69, 9.17) is 22.1 Å². The highest BCUT2D eigenvalue weighted by Gasteiger charge is 2.10. The summed E-state index contributed by atoms with van der Waals surface area (Å²) in [6.07, 6.45) is 1.70. The number of pyridine rings is 1. The van der Waals surface area contributed by atoms with E-state index in [1.54, 1.807) is 24.4 Å². The summed E-state index contributed by atoms with van der Waals surface area (Å²) >= 11 is 9.28. The molecule has 18 heavy (non-hydrogen) atoms. The van der Waals surface area contributed by atoms with Crippen molar-refractivity contribution in [3.8, 4) is 11.6 Å². The number of rotatable bonds is 3. The summed E-state index contributed by atoms with van der Waals surface area (Å²) in [5.74, 6) is 1.19. The van der Waals surface area contributed by atoms with Gasteiger partial charge in [0.2, 0.25) is 5.88 Å². The van der Waals surface area contributed by atoms with E-state index in [9.17, 15) is 0 Å². The van der Waals surface area contributed by atoms with Gasteiger partial charge in [0.05, 0.1) is 4.47 Å². The highest BCUT2D eigenvalue weighted by molar-refractivity contribution is 9.10. The zero-order chi connectivity index (χ0) is 13.1. The Morgan fingerprint density at radius 2 is 2.17 bits per heavy atom. The number of hydrogen-bond donors (Lipinski definition) is 1. The van der Waals surface area contributed by atoms with Crippen LogP contribution in [0.1, 0.15) is 11.1 Å². The minimum absolute atomic E-state index is 0.389. The van der Waals surface area contributed by atoms with E-state index in [-0.39, 0.29) is 0 Å². The van der Waals surface area contributed by atoms with Gasteiger partial charge in [0.15, 0.2) is 0 Å². The molecule has 2 rings (SSSR count). The van der Waals surface area contributed by atoms with E-state index in [0.717, 1.165) is 15.6 Å². The highest BCUT2D eigenvalue weighted by atomic mass is 79.9. The Morgan fingerprint density at radius 3 is 2.83 bits per heavy atom. The molecular formula is C13H12BrClN2O. The Hall–Kier alpha value is -1.10. The molecule has 1 aromatic carbocycles. The summed E-state index contributed by atoms with van der Waals surface area (Å²) in [5.41, 5.74) is 7.68. The van der Waals surface area contributed by atoms with Crippen molar-refractivity contribution in [1.82, 2.24) is 4.98 Å². The predicted octanol–water partition coefficient (Wildman–Crippen LogP) is 4.06. The van der Waals surface area contributed by atoms with Crippen LogP contribution in [0.4, 0.5) is 0 Å². The molecule has 0 fully saturated rings. The second kappa shape index (κ2) is 5.69. The molecule has 1 aromatic heterocycles. The standard InChI is InChI=1S/C13H12BrClN2O/c1-8-4-5-17-13(10(8)7-16)18-12-3-2-9(15)6-11(12)14/h2-6H,7,16H2,1H3. The quantitative estimate of drug-likeness (QED) is 0.925. The molecule has 0 aliphatic rings. The number of nitrogens with zero attached hydrogens (tertiary/aromatic N) is 1. The third kappa shape index (κ3) is 2.83. The summed E-state index contributed by atoms with van der Waals surface area (Å²) < 4.78 is 6.55. The fourth-order valence-corrected chi connectivity index (χ4v) is 2.33. The van der Waals surface area contributed by atoms with Crippen LogP contribution in [0, 0.1) is 6.92 Å². The maximum Gasteiger partial charge on any atom is 0.224 e. The van der Waals surface area contributed by atoms with E-state index >= 15 is 0 Å². The van der Waals surface area contributed by atoms with Crippen LogP contribution in [-0.2, 0) is 6.54 Å². The zero-order valence-electron chi connectivity index (χ0n) is 9.78. The first-order valence-electron chi connectivity index (χ1n) is 5.39. The van der Waals surface area contributed by atoms with E-state index in [0.29, 0.717) is 23.2 Å². The zero-order valence-corrected chi connectivity index (χ0v) is 12.1. The molecule has 0 saturated heterocycles. The van der Waals surface area contributed by atoms with E-state index in [1.165, 1.54) is 0 Å². The van der Waals surface area contributed by atoms with Crippen molar-refractivity contribution >= 4 is 27.5 Å². The molecule has 3 nitrogen and oxygen atoms in total. The third-order valence-corrected chi connectivity index (χ3v) is 3.41. The van der Waals surface area contributed by atoms with Crippen LogP contribution < -0.4 is 10.5 Å². The van der Waals surface area contributed by atoms with Crippen molar-refractivity contribution in [3.63, 3.8) is 0 Å². The number of aromatic nitrogens is 1. The van der Waals surface area contributed by atoms with Crippen molar-refractivity contribution in [2.24, 2.45) is 5.73 Å². The van der Waals surface area contributed by atoms with Gasteiger partial charge in [0.1, 0.15) is 5.75 Å². The smallest absolute Gasteiger partial charge is 0.224 e. The monoisotopic (exact) mass is 326 g/mol. The lowest BCUT2D eigenvalue weighted by atomic mass is 10.1. The van der Waals surface area contributed by atoms with E-state index < -0.39 is 0 Å². The van der Waals surface area contributed by atoms with Gasteiger partial charge in [-0.25, -0.2) is 4.98 Å². The minimum Gasteiger partial charge on any atom is -0.437 e. The largest absolute Gasteiger partial charge is 0.437 e. The molecule has 0 atom stereocenters. The number of hydrogen-bond acceptors (Lipinski definition) is 3. The topological polar surface area (TPSA) is 48.1 Å². The first-order chi connectivity index (χ1) is 8.61. The third-order valence-electron chi connectivity index (χ3n) is 2.56. The summed E-state index contributed by atoms with van der Waals surface area (Å²) in [4.78, 5) is 4.21. The average Bonchev–Trinajstić information content (AvgIpc) is 2.33. The maximum absolute atomic E-state index is 5.88. The summed E-state index contributed by atoms with van der Waals surface area (Å²) in [6.45, 7) is 2.37. The molecule has 0 unspecified atom stereocenters. The predicted molar refractivity (Wildman–Crippen MR) is 76.1 cm³/mol. The summed E-state index contributed by atoms with van der Waals surface area (Å²) in [6, 6.07) is 7.23. The molecular weight excluding hydrogens is 316 g/mol. The lowest BCUT2D eigenvalue weighted by Gasteiger charge is -2.12. The number of halogens is 2. The van der Waals surface area contributed by atoms with Gasteiger partial charge in [-0.2, -0.15) is 0 Å². The first-order valence-corrected chi connectivity index (χ1v) is 6.56. The van der Waals surface area contributed by atoms with Crippen LogP contribution in [0.5, 0.6) is 11.6 Å². The average molecular weight is 328 g/mol. The van der Waals surface area contributed by atoms with Crippen molar-refractivity contribution < 1.29 is 4.74 Å². The SMILES string of the molecule is Cc1ccnc(Oc2ccc(Cl)cc2Br)c1CN. The van der Waals surface area contributed by atoms with Crippen molar-refractivity contribution in [3.05, 3.63) is 51.1 Å². The number of aryl methyl sites for hydroxylation is 1. The lowest BCUT2D eigenvalue weighted by molar-refractivity contribution is 0.453. The molecule has 0 spiro atoms. The highest BCUT2D eigenvalue weighted by Crippen LogP contribution is 2.32. The van der Waals surface area contributed by atoms with Crippen LogP contribution in [0.15, 0.2) is 34.9 Å². The number of benzene rings is 1. The second-order valence-electron chi connectivity index (χ2n) is 3.79. The van der Waals surface area contributed by atoms with Gasteiger partial charge in [0, 0.05) is 23.3 Å². The summed E-state index contributed by atoms with van der Waals surface area (Å²) in [7, 11) is 0. The van der Waals surface area contributed by atoms with Crippen molar-refractivity contribution in [2.75, 3.05) is 0 Å². The van der Waals surface area contributed by atoms with Gasteiger partial charge in [-0.05, 0) is 52.7 Å². The van der Waals surface area contributed by atoms with Gasteiger partial charge in [-0.1, -0.05) is 11.6 Å². The molecule has 2 N–H and O–H groups in total. The van der Waals surface area contributed by atoms with E-state index in [1.807, 2.05) is 13.0 Å². The molecule has 5 heteroatoms. The molecule has 1 heterocycles. The Labute approximate surface area is 119 Å². The number of ether oxygens (including phenoxy) is 1. The van der Waals surface area contributed by atoms with Gasteiger partial charge >= 0.3 is 0 Å². The molecule has 0 aliphatic carbocycles. The Kier molecular flexibility index (Phi) is 4.22. The number of nitrogens with two attached hydrogens (primary N) is 1. The van der Waals surface area contributed by atoms with Gasteiger partial charge in [-0.15, -0.1) is 0 Å². The van der Waals surface area contributed by atoms with Crippen LogP contribution in [0.3, 0.4) is 0 Å². The van der Waals surface area contributed by atoms with Gasteiger partial charge < -0.3 is 10.5 Å². The van der Waals surface area contributed by atoms with Crippen molar-refractivity contribution in [2.45, 2.75) is 13.5 Å². The van der Waals surface area contributed by atoms with Gasteiger partial charge in [0.25, 0.3) is 0 Å². The Bertz CT molecular complexity index is 575. The Morgan fingerprint density at radius 1 is 1.39 bits per heavy atom. The minimum atomic E-state index is 0.389. The maximum atomic E-state index is 5.88. The van der Waals surface area contributed by atoms with Crippen LogP contribution in [-0.4, -0.2) is 4.98 Å². The molecule has 0 radical (unpaired) electrons. The first kappa shape index (κ1) is 13.3. The fraction of sp³-hybridized carbons (Fsp3) is 0.154. The molecule has 94 valence electrons. The molecule has 0 aliphatic heterocycles. The van der Waals surface area contributed by atoms with Crippen LogP contribution in [0.2, 0.25) is 5.02 Å². The molecule has 2 aromatic rings. The van der Waals surface area contributed by atoms with Crippen molar-refractivity contribution in [1.29, 1.82) is 0 Å². The molecule has 0 saturated carbocycles. The summed E-state index contributed by atoms with van der Waals surface area (Å²) in [5, 5.41) is 0.644. The van der Waals surface area contributed by atoms with Gasteiger partial charge in [-0.3, -0.25) is 0 Å². The van der Waals surface area contributed by atoms with Crippen LogP contribution in [0.25, 0.3) is 0 Å². The van der Waals surface area contributed by atoms with Crippen LogP contribution >= 0.6 is 27.5 Å². The fourth-order valence-electron chi connectivity index (χ4n) is 1.56. The molecule has 0 bridgehead atoms. The second-order valence-corrected chi connectivity index (χ2v) is 5.08. The molecule has 0 amide bonds. The Balaban J connectivity index is 2.37. The normalized spacial score (nSPS) is 10.4.